The first kappa shape index (κ1) is 20.2. The fourth-order valence-corrected chi connectivity index (χ4v) is 3.18. The molecule has 0 saturated heterocycles. The fourth-order valence-electron chi connectivity index (χ4n) is 3.18. The molecule has 1 amide bonds. The summed E-state index contributed by atoms with van der Waals surface area (Å²) in [5.41, 5.74) is 4.46. The van der Waals surface area contributed by atoms with Crippen molar-refractivity contribution >= 4 is 11.6 Å². The topological polar surface area (TPSA) is 50.7 Å². The van der Waals surface area contributed by atoms with Gasteiger partial charge in [0, 0.05) is 11.3 Å². The molecule has 0 aliphatic heterocycles. The Bertz CT molecular complexity index is 564. The third kappa shape index (κ3) is 7.85. The fraction of sp³-hybridized carbons (Fsp3) is 0.545. The third-order valence-electron chi connectivity index (χ3n) is 4.73. The number of nitrogens with zero attached hydrogens (tertiary/aromatic N) is 1. The second-order valence-corrected chi connectivity index (χ2v) is 6.92. The summed E-state index contributed by atoms with van der Waals surface area (Å²) in [6.07, 6.45) is 15.3. The highest BCUT2D eigenvalue weighted by molar-refractivity contribution is 5.95. The highest BCUT2D eigenvalue weighted by atomic mass is 16.5. The van der Waals surface area contributed by atoms with Crippen LogP contribution in [0.3, 0.4) is 0 Å². The van der Waals surface area contributed by atoms with Crippen LogP contribution >= 0.6 is 0 Å². The quantitative estimate of drug-likeness (QED) is 0.548. The van der Waals surface area contributed by atoms with E-state index in [1.807, 2.05) is 0 Å². The lowest BCUT2D eigenvalue weighted by molar-refractivity contribution is 0.0954. The summed E-state index contributed by atoms with van der Waals surface area (Å²) in [6.45, 7) is 4.08. The molecule has 26 heavy (non-hydrogen) atoms. The Kier molecular flexibility index (Phi) is 9.55. The van der Waals surface area contributed by atoms with Gasteiger partial charge in [-0.25, -0.2) is 5.43 Å². The van der Waals surface area contributed by atoms with Gasteiger partial charge in [0.2, 0.25) is 0 Å². The monoisotopic (exact) mass is 356 g/mol. The van der Waals surface area contributed by atoms with Crippen molar-refractivity contribution in [2.75, 3.05) is 6.61 Å². The molecule has 0 bridgehead atoms. The van der Waals surface area contributed by atoms with Gasteiger partial charge >= 0.3 is 0 Å². The van der Waals surface area contributed by atoms with E-state index in [-0.39, 0.29) is 5.91 Å². The van der Waals surface area contributed by atoms with Crippen LogP contribution in [0.5, 0.6) is 5.75 Å². The molecule has 0 radical (unpaired) electrons. The lowest BCUT2D eigenvalue weighted by Gasteiger charge is -2.10. The maximum Gasteiger partial charge on any atom is 0.271 e. The summed E-state index contributed by atoms with van der Waals surface area (Å²) < 4.78 is 5.43. The van der Waals surface area contributed by atoms with Crippen LogP contribution in [0.1, 0.15) is 81.0 Å². The van der Waals surface area contributed by atoms with Gasteiger partial charge in [-0.15, -0.1) is 0 Å². The number of hydrogen-bond donors (Lipinski definition) is 1. The van der Waals surface area contributed by atoms with Crippen LogP contribution in [0.25, 0.3) is 0 Å². The Balaban J connectivity index is 1.87. The molecule has 1 saturated carbocycles. The zero-order valence-electron chi connectivity index (χ0n) is 15.8. The van der Waals surface area contributed by atoms with Crippen LogP contribution in [0.2, 0.25) is 0 Å². The molecule has 4 heteroatoms. The first-order valence-electron chi connectivity index (χ1n) is 9.99. The van der Waals surface area contributed by atoms with E-state index in [1.54, 1.807) is 30.3 Å². The van der Waals surface area contributed by atoms with E-state index in [4.69, 9.17) is 4.74 Å². The van der Waals surface area contributed by atoms with E-state index in [1.165, 1.54) is 57.8 Å². The minimum Gasteiger partial charge on any atom is -0.490 e. The standard InChI is InChI=1S/C22H32N2O2/c1-2-18-26-21-16-14-19(15-17-21)22(25)24-23-20-12-10-8-6-4-3-5-7-9-11-13-20/h2,14-17H,1,3-13,18H2,(H,24,25). The van der Waals surface area contributed by atoms with Gasteiger partial charge in [-0.2, -0.15) is 5.10 Å². The van der Waals surface area contributed by atoms with Crippen molar-refractivity contribution in [2.24, 2.45) is 5.10 Å². The molecule has 0 unspecified atom stereocenters. The molecular weight excluding hydrogens is 324 g/mol. The Morgan fingerprint density at radius 1 is 0.962 bits per heavy atom. The van der Waals surface area contributed by atoms with E-state index in [0.29, 0.717) is 12.2 Å². The normalized spacial score (nSPS) is 16.7. The molecule has 0 heterocycles. The number of ether oxygens (including phenoxy) is 1. The van der Waals surface area contributed by atoms with E-state index >= 15 is 0 Å². The van der Waals surface area contributed by atoms with Crippen molar-refractivity contribution in [3.05, 3.63) is 42.5 Å². The van der Waals surface area contributed by atoms with Crippen LogP contribution in [0, 0.1) is 0 Å². The predicted octanol–water partition coefficient (Wildman–Crippen LogP) is 5.64. The minimum atomic E-state index is -0.168. The van der Waals surface area contributed by atoms with E-state index in [2.05, 4.69) is 17.1 Å². The first-order valence-corrected chi connectivity index (χ1v) is 9.99. The summed E-state index contributed by atoms with van der Waals surface area (Å²) in [6, 6.07) is 7.10. The lowest BCUT2D eigenvalue weighted by Crippen LogP contribution is -2.19. The predicted molar refractivity (Wildman–Crippen MR) is 108 cm³/mol. The van der Waals surface area contributed by atoms with Crippen LogP contribution in [-0.4, -0.2) is 18.2 Å². The third-order valence-corrected chi connectivity index (χ3v) is 4.73. The first-order chi connectivity index (χ1) is 12.8. The minimum absolute atomic E-state index is 0.168. The average Bonchev–Trinajstić information content (AvgIpc) is 2.66. The second-order valence-electron chi connectivity index (χ2n) is 6.92. The van der Waals surface area contributed by atoms with Crippen LogP contribution in [0.15, 0.2) is 42.0 Å². The molecule has 1 fully saturated rings. The lowest BCUT2D eigenvalue weighted by atomic mass is 10.00. The molecular formula is C22H32N2O2. The second kappa shape index (κ2) is 12.3. The molecule has 2 rings (SSSR count). The van der Waals surface area contributed by atoms with Gasteiger partial charge in [0.25, 0.3) is 5.91 Å². The average molecular weight is 357 g/mol. The Morgan fingerprint density at radius 2 is 1.50 bits per heavy atom. The van der Waals surface area contributed by atoms with E-state index < -0.39 is 0 Å². The van der Waals surface area contributed by atoms with Crippen LogP contribution in [-0.2, 0) is 0 Å². The van der Waals surface area contributed by atoms with Gasteiger partial charge in [0.05, 0.1) is 0 Å². The number of benzene rings is 1. The van der Waals surface area contributed by atoms with Crippen molar-refractivity contribution in [1.82, 2.24) is 5.43 Å². The SMILES string of the molecule is C=CCOc1ccc(C(=O)NN=C2CCCCCCCCCCC2)cc1. The highest BCUT2D eigenvalue weighted by Gasteiger charge is 2.07. The Hall–Kier alpha value is -2.10. The summed E-state index contributed by atoms with van der Waals surface area (Å²) in [4.78, 5) is 12.3. The van der Waals surface area contributed by atoms with E-state index in [0.717, 1.165) is 24.3 Å². The zero-order valence-corrected chi connectivity index (χ0v) is 15.8. The highest BCUT2D eigenvalue weighted by Crippen LogP contribution is 2.16. The largest absolute Gasteiger partial charge is 0.490 e. The summed E-state index contributed by atoms with van der Waals surface area (Å²) in [7, 11) is 0. The molecule has 4 nitrogen and oxygen atoms in total. The number of rotatable bonds is 5. The maximum atomic E-state index is 12.3. The Labute approximate surface area is 157 Å². The van der Waals surface area contributed by atoms with Gasteiger partial charge < -0.3 is 4.74 Å². The van der Waals surface area contributed by atoms with Crippen molar-refractivity contribution in [3.8, 4) is 5.75 Å². The van der Waals surface area contributed by atoms with Crippen LogP contribution < -0.4 is 10.2 Å². The Morgan fingerprint density at radius 3 is 2.04 bits per heavy atom. The number of nitrogens with one attached hydrogen (secondary N) is 1. The molecule has 1 N–H and O–H groups in total. The van der Waals surface area contributed by atoms with Gasteiger partial charge in [-0.05, 0) is 49.9 Å². The van der Waals surface area contributed by atoms with Crippen molar-refractivity contribution in [1.29, 1.82) is 0 Å². The number of carbonyl (C=O) groups is 1. The maximum absolute atomic E-state index is 12.3. The van der Waals surface area contributed by atoms with Gasteiger partial charge in [0.15, 0.2) is 0 Å². The number of hydrazone groups is 1. The molecule has 142 valence electrons. The zero-order chi connectivity index (χ0) is 18.5. The van der Waals surface area contributed by atoms with Crippen LogP contribution in [0.4, 0.5) is 0 Å². The smallest absolute Gasteiger partial charge is 0.271 e. The molecule has 0 aromatic heterocycles. The molecule has 0 atom stereocenters. The molecule has 1 aliphatic rings. The van der Waals surface area contributed by atoms with E-state index in [9.17, 15) is 4.79 Å². The molecule has 1 aromatic carbocycles. The summed E-state index contributed by atoms with van der Waals surface area (Å²) >= 11 is 0. The summed E-state index contributed by atoms with van der Waals surface area (Å²) in [5, 5.41) is 4.43. The molecule has 1 aromatic rings. The van der Waals surface area contributed by atoms with Gasteiger partial charge in [-0.3, -0.25) is 4.79 Å². The molecule has 1 aliphatic carbocycles. The molecule has 0 spiro atoms. The van der Waals surface area contributed by atoms with Gasteiger partial charge in [-0.1, -0.05) is 57.6 Å². The summed E-state index contributed by atoms with van der Waals surface area (Å²) in [5.74, 6) is 0.561. The number of carbonyl (C=O) groups excluding carboxylic acids is 1. The van der Waals surface area contributed by atoms with Crippen molar-refractivity contribution < 1.29 is 9.53 Å². The van der Waals surface area contributed by atoms with Gasteiger partial charge in [0.1, 0.15) is 12.4 Å². The number of amides is 1. The van der Waals surface area contributed by atoms with Crippen molar-refractivity contribution in [2.45, 2.75) is 70.6 Å². The van der Waals surface area contributed by atoms with Crippen molar-refractivity contribution in [3.63, 3.8) is 0 Å². The number of hydrogen-bond acceptors (Lipinski definition) is 3.